The van der Waals surface area contributed by atoms with Gasteiger partial charge in [0.15, 0.2) is 34.9 Å². The van der Waals surface area contributed by atoms with Gasteiger partial charge in [0.05, 0.1) is 33.4 Å². The lowest BCUT2D eigenvalue weighted by atomic mass is 9.81. The Bertz CT molecular complexity index is 5230. The molecule has 0 bridgehead atoms. The number of benzene rings is 12. The molecule has 17 rings (SSSR count). The first-order valence-corrected chi connectivity index (χ1v) is 29.0. The van der Waals surface area contributed by atoms with Crippen LogP contribution in [0.1, 0.15) is 30.4 Å². The van der Waals surface area contributed by atoms with Crippen LogP contribution < -0.4 is 0 Å². The monoisotopic (exact) mass is 1090 g/mol. The van der Waals surface area contributed by atoms with E-state index in [0.29, 0.717) is 34.9 Å². The summed E-state index contributed by atoms with van der Waals surface area (Å²) < 4.78 is 5.08. The predicted octanol–water partition coefficient (Wildman–Crippen LogP) is 19.2. The molecule has 1 unspecified atom stereocenters. The molecular formula is C77H50N8. The number of hydrogen-bond donors (Lipinski definition) is 0. The third kappa shape index (κ3) is 7.69. The average molecular weight is 1090 g/mol. The predicted molar refractivity (Wildman–Crippen MR) is 349 cm³/mol. The van der Waals surface area contributed by atoms with E-state index in [1.165, 1.54) is 27.4 Å². The van der Waals surface area contributed by atoms with Crippen molar-refractivity contribution in [1.29, 1.82) is 0 Å². The second-order valence-corrected chi connectivity index (χ2v) is 22.1. The van der Waals surface area contributed by atoms with Gasteiger partial charge in [-0.2, -0.15) is 0 Å². The number of aromatic nitrogens is 8. The third-order valence-corrected chi connectivity index (χ3v) is 17.2. The molecular weight excluding hydrogens is 1040 g/mol. The molecule has 12 aromatic carbocycles. The van der Waals surface area contributed by atoms with E-state index >= 15 is 0 Å². The Labute approximate surface area is 489 Å². The van der Waals surface area contributed by atoms with Crippen LogP contribution in [0.15, 0.2) is 261 Å². The van der Waals surface area contributed by atoms with E-state index in [-0.39, 0.29) is 5.92 Å². The van der Waals surface area contributed by atoms with E-state index in [1.807, 2.05) is 72.8 Å². The van der Waals surface area contributed by atoms with Crippen molar-refractivity contribution in [1.82, 2.24) is 39.0 Å². The van der Waals surface area contributed by atoms with Crippen LogP contribution in [0.5, 0.6) is 0 Å². The second kappa shape index (κ2) is 19.5. The smallest absolute Gasteiger partial charge is 0.165 e. The zero-order chi connectivity index (χ0) is 56.1. The van der Waals surface area contributed by atoms with Gasteiger partial charge in [-0.15, -0.1) is 0 Å². The zero-order valence-corrected chi connectivity index (χ0v) is 46.3. The van der Waals surface area contributed by atoms with Crippen molar-refractivity contribution in [3.05, 3.63) is 272 Å². The highest BCUT2D eigenvalue weighted by Gasteiger charge is 2.31. The Morgan fingerprint density at radius 2 is 0.612 bits per heavy atom. The topological polar surface area (TPSA) is 87.2 Å². The summed E-state index contributed by atoms with van der Waals surface area (Å²) in [6.45, 7) is 2.37. The summed E-state index contributed by atoms with van der Waals surface area (Å²) in [6, 6.07) is 90.1. The van der Waals surface area contributed by atoms with Crippen molar-refractivity contribution >= 4 is 82.0 Å². The van der Waals surface area contributed by atoms with Gasteiger partial charge in [0.1, 0.15) is 0 Å². The lowest BCUT2D eigenvalue weighted by molar-refractivity contribution is 0.767. The zero-order valence-electron chi connectivity index (χ0n) is 46.3. The second-order valence-electron chi connectivity index (χ2n) is 22.1. The minimum Gasteiger partial charge on any atom is -0.308 e. The molecule has 16 aromatic rings. The van der Waals surface area contributed by atoms with Gasteiger partial charge >= 0.3 is 0 Å². The fourth-order valence-corrected chi connectivity index (χ4v) is 13.5. The molecule has 0 aliphatic heterocycles. The summed E-state index contributed by atoms with van der Waals surface area (Å²) in [4.78, 5) is 31.6. The van der Waals surface area contributed by atoms with Crippen molar-refractivity contribution in [2.45, 2.75) is 19.3 Å². The van der Waals surface area contributed by atoms with Gasteiger partial charge in [-0.25, -0.2) is 29.9 Å². The van der Waals surface area contributed by atoms with Gasteiger partial charge in [-0.05, 0) is 63.9 Å². The van der Waals surface area contributed by atoms with Crippen LogP contribution in [0, 0.1) is 0 Å². The first kappa shape index (κ1) is 48.5. The van der Waals surface area contributed by atoms with Crippen LogP contribution in [-0.2, 0) is 0 Å². The van der Waals surface area contributed by atoms with Crippen LogP contribution in [0.2, 0.25) is 0 Å². The molecule has 4 heterocycles. The summed E-state index contributed by atoms with van der Waals surface area (Å²) in [5, 5.41) is 11.2. The molecule has 1 atom stereocenters. The Hall–Kier alpha value is -11.2. The molecule has 0 saturated heterocycles. The maximum absolute atomic E-state index is 5.38. The first-order valence-electron chi connectivity index (χ1n) is 29.0. The molecule has 0 saturated carbocycles. The van der Waals surface area contributed by atoms with E-state index in [4.69, 9.17) is 29.9 Å². The van der Waals surface area contributed by atoms with Crippen molar-refractivity contribution in [2.75, 3.05) is 0 Å². The summed E-state index contributed by atoms with van der Waals surface area (Å²) in [5.74, 6) is 3.97. The summed E-state index contributed by atoms with van der Waals surface area (Å²) in [6.07, 6.45) is 5.54. The lowest BCUT2D eigenvalue weighted by Crippen LogP contribution is -2.11. The summed E-state index contributed by atoms with van der Waals surface area (Å²) in [7, 11) is 0. The summed E-state index contributed by atoms with van der Waals surface area (Å²) >= 11 is 0. The number of allylic oxidation sites excluding steroid dienone is 1. The molecule has 0 N–H and O–H groups in total. The number of hydrogen-bond acceptors (Lipinski definition) is 6. The first-order chi connectivity index (χ1) is 42.1. The van der Waals surface area contributed by atoms with Crippen LogP contribution in [-0.4, -0.2) is 39.0 Å². The van der Waals surface area contributed by atoms with Crippen molar-refractivity contribution < 1.29 is 0 Å². The minimum atomic E-state index is 0.168. The Morgan fingerprint density at radius 1 is 0.294 bits per heavy atom. The molecule has 0 fully saturated rings. The Balaban J connectivity index is 0.935. The van der Waals surface area contributed by atoms with E-state index in [1.54, 1.807) is 0 Å². The normalized spacial score (nSPS) is 13.3. The highest BCUT2D eigenvalue weighted by molar-refractivity contribution is 6.23. The summed E-state index contributed by atoms with van der Waals surface area (Å²) in [5.41, 5.74) is 14.9. The number of nitrogens with zero attached hydrogens (tertiary/aromatic N) is 8. The molecule has 0 radical (unpaired) electrons. The van der Waals surface area contributed by atoms with Crippen LogP contribution in [0.3, 0.4) is 0 Å². The SMILES string of the molecule is CC1CC=Cc2c1c(-n1c3ccccc3c3cc4c(cc31)c1ccccc1n4-c1c3ccccc3c(-c3nc(-c4ccccc4)nc(-c4ccccc4)n3)c3ccccc13)c1ccccc1c2-c1nc(-c2ccccc2)nc(-c2ccccc2)n1. The molecule has 8 nitrogen and oxygen atoms in total. The van der Waals surface area contributed by atoms with Crippen LogP contribution >= 0.6 is 0 Å². The van der Waals surface area contributed by atoms with E-state index in [0.717, 1.165) is 111 Å². The largest absolute Gasteiger partial charge is 0.308 e. The molecule has 85 heavy (non-hydrogen) atoms. The molecule has 398 valence electrons. The van der Waals surface area contributed by atoms with Gasteiger partial charge in [0.25, 0.3) is 0 Å². The van der Waals surface area contributed by atoms with Gasteiger partial charge in [-0.1, -0.05) is 250 Å². The van der Waals surface area contributed by atoms with Crippen molar-refractivity contribution in [3.63, 3.8) is 0 Å². The Kier molecular flexibility index (Phi) is 11.1. The quantitative estimate of drug-likeness (QED) is 0.141. The molecule has 1 aliphatic rings. The fraction of sp³-hybridized carbons (Fsp3) is 0.0390. The van der Waals surface area contributed by atoms with Crippen molar-refractivity contribution in [3.8, 4) is 79.7 Å². The molecule has 0 spiro atoms. The van der Waals surface area contributed by atoms with E-state index in [2.05, 4.69) is 210 Å². The Morgan fingerprint density at radius 3 is 1.04 bits per heavy atom. The fourth-order valence-electron chi connectivity index (χ4n) is 13.5. The van der Waals surface area contributed by atoms with Gasteiger partial charge < -0.3 is 9.13 Å². The average Bonchev–Trinajstić information content (AvgIpc) is 2.28. The van der Waals surface area contributed by atoms with Crippen LogP contribution in [0.25, 0.3) is 162 Å². The highest BCUT2D eigenvalue weighted by Crippen LogP contribution is 2.50. The molecule has 1 aliphatic carbocycles. The lowest BCUT2D eigenvalue weighted by Gasteiger charge is -2.28. The maximum atomic E-state index is 5.38. The molecule has 8 heteroatoms. The third-order valence-electron chi connectivity index (χ3n) is 17.2. The number of para-hydroxylation sites is 2. The number of fused-ring (bicyclic) bond motifs is 10. The van der Waals surface area contributed by atoms with Crippen molar-refractivity contribution in [2.24, 2.45) is 0 Å². The molecule has 4 aromatic heterocycles. The van der Waals surface area contributed by atoms with E-state index in [9.17, 15) is 0 Å². The number of rotatable bonds is 8. The minimum absolute atomic E-state index is 0.168. The maximum Gasteiger partial charge on any atom is 0.165 e. The van der Waals surface area contributed by atoms with Gasteiger partial charge in [0.2, 0.25) is 0 Å². The van der Waals surface area contributed by atoms with Gasteiger partial charge in [0, 0.05) is 71.1 Å². The van der Waals surface area contributed by atoms with Crippen LogP contribution in [0.4, 0.5) is 0 Å². The van der Waals surface area contributed by atoms with Gasteiger partial charge in [-0.3, -0.25) is 0 Å². The standard InChI is InChI=1S/C77H50N8/c1-47-25-24-42-60-67(47)71(59-41-19-16-38-56(59)69(60)77-82-74(50-30-10-4-11-31-50)79-75(83-77)51-32-12-5-13-33-51)85-64-44-23-21-35-53(64)62-45-65-61(46-66(62)85)52-34-20-22-43-63(52)84(65)70-57-39-17-14-36-54(57)68(55-37-15-18-40-58(55)70)76-80-72(48-26-6-2-7-27-48)78-73(81-76)49-28-8-3-9-29-49/h2-24,26-47H,25H2,1H3. The highest BCUT2D eigenvalue weighted by atomic mass is 15.1. The molecule has 0 amide bonds. The van der Waals surface area contributed by atoms with E-state index < -0.39 is 0 Å².